The number of esters is 1. The van der Waals surface area contributed by atoms with Gasteiger partial charge in [0.2, 0.25) is 0 Å². The number of carbonyl (C=O) groups is 2. The lowest BCUT2D eigenvalue weighted by atomic mass is 10.1. The van der Waals surface area contributed by atoms with Crippen LogP contribution in [0.25, 0.3) is 0 Å². The van der Waals surface area contributed by atoms with Crippen molar-refractivity contribution in [3.63, 3.8) is 0 Å². The van der Waals surface area contributed by atoms with E-state index in [1.807, 2.05) is 20.8 Å². The van der Waals surface area contributed by atoms with E-state index in [1.54, 1.807) is 18.2 Å². The Morgan fingerprint density at radius 2 is 2.00 bits per heavy atom. The molecule has 0 aromatic carbocycles. The molecule has 0 aliphatic carbocycles. The summed E-state index contributed by atoms with van der Waals surface area (Å²) in [6.07, 6.45) is 7.91. The molecule has 1 atom stereocenters. The summed E-state index contributed by atoms with van der Waals surface area (Å²) in [5.41, 5.74) is 0.665. The summed E-state index contributed by atoms with van der Waals surface area (Å²) in [5.74, 6) is -1.06. The largest absolute Gasteiger partial charge is 0.478 e. The van der Waals surface area contributed by atoms with Crippen molar-refractivity contribution in [3.8, 4) is 0 Å². The van der Waals surface area contributed by atoms with E-state index < -0.39 is 11.9 Å². The van der Waals surface area contributed by atoms with E-state index in [2.05, 4.69) is 0 Å². The molecular weight excluding hydrogens is 256 g/mol. The molecule has 0 aliphatic heterocycles. The predicted molar refractivity (Wildman–Crippen MR) is 79.3 cm³/mol. The number of carboxylic acid groups (broad SMARTS) is 1. The molecule has 0 radical (unpaired) electrons. The molecule has 0 spiro atoms. The van der Waals surface area contributed by atoms with Crippen LogP contribution < -0.4 is 0 Å². The second-order valence-electron chi connectivity index (χ2n) is 4.73. The van der Waals surface area contributed by atoms with Crippen LogP contribution >= 0.6 is 0 Å². The van der Waals surface area contributed by atoms with Crippen LogP contribution in [0.15, 0.2) is 35.5 Å². The minimum atomic E-state index is -0.983. The number of hydrogen-bond acceptors (Lipinski definition) is 3. The Bertz CT molecular complexity index is 416. The summed E-state index contributed by atoms with van der Waals surface area (Å²) in [4.78, 5) is 22.7. The number of allylic oxidation sites excluding steroid dienone is 4. The Balaban J connectivity index is 4.77. The molecule has 0 saturated heterocycles. The van der Waals surface area contributed by atoms with Crippen LogP contribution in [0.5, 0.6) is 0 Å². The Labute approximate surface area is 120 Å². The van der Waals surface area contributed by atoms with Gasteiger partial charge in [-0.1, -0.05) is 44.6 Å². The Morgan fingerprint density at radius 3 is 2.50 bits per heavy atom. The topological polar surface area (TPSA) is 63.6 Å². The average Bonchev–Trinajstić information content (AvgIpc) is 2.43. The van der Waals surface area contributed by atoms with E-state index in [4.69, 9.17) is 9.84 Å². The van der Waals surface area contributed by atoms with Crippen molar-refractivity contribution in [2.45, 2.75) is 40.5 Å². The average molecular weight is 280 g/mol. The highest BCUT2D eigenvalue weighted by Gasteiger charge is 2.11. The third-order valence-electron chi connectivity index (χ3n) is 2.91. The van der Waals surface area contributed by atoms with E-state index in [1.165, 1.54) is 13.0 Å². The van der Waals surface area contributed by atoms with Crippen molar-refractivity contribution in [2.75, 3.05) is 6.61 Å². The standard InChI is InChI=1S/C16H24O4/c1-5-7-8-14(10-9-13(4)15(17)18)16(19)20-11-12(3)6-2/h5,7-9,12H,6,10-11H2,1-4H3,(H,17,18). The molecule has 1 N–H and O–H groups in total. The normalized spacial score (nSPS) is 14.4. The summed E-state index contributed by atoms with van der Waals surface area (Å²) in [7, 11) is 0. The molecule has 4 nitrogen and oxygen atoms in total. The van der Waals surface area contributed by atoms with Crippen molar-refractivity contribution in [2.24, 2.45) is 5.92 Å². The zero-order valence-electron chi connectivity index (χ0n) is 12.7. The fourth-order valence-electron chi connectivity index (χ4n) is 1.21. The summed E-state index contributed by atoms with van der Waals surface area (Å²) < 4.78 is 5.23. The van der Waals surface area contributed by atoms with E-state index in [-0.39, 0.29) is 12.0 Å². The SMILES string of the molecule is CC=CC=C(CC=C(C)C(=O)O)C(=O)OCC(C)CC. The van der Waals surface area contributed by atoms with Gasteiger partial charge in [0.25, 0.3) is 0 Å². The van der Waals surface area contributed by atoms with Crippen LogP contribution in [0.1, 0.15) is 40.5 Å². The third-order valence-corrected chi connectivity index (χ3v) is 2.91. The van der Waals surface area contributed by atoms with Crippen LogP contribution in [0.2, 0.25) is 0 Å². The first-order valence-corrected chi connectivity index (χ1v) is 6.81. The first kappa shape index (κ1) is 18.2. The molecule has 0 amide bonds. The fraction of sp³-hybridized carbons (Fsp3) is 0.500. The van der Waals surface area contributed by atoms with E-state index in [0.29, 0.717) is 18.1 Å². The van der Waals surface area contributed by atoms with Crippen LogP contribution in [-0.2, 0) is 14.3 Å². The Kier molecular flexibility index (Phi) is 9.09. The molecule has 0 saturated carbocycles. The Morgan fingerprint density at radius 1 is 1.35 bits per heavy atom. The van der Waals surface area contributed by atoms with Gasteiger partial charge in [-0.15, -0.1) is 0 Å². The summed E-state index contributed by atoms with van der Waals surface area (Å²) in [5, 5.41) is 8.80. The van der Waals surface area contributed by atoms with Crippen LogP contribution in [0.4, 0.5) is 0 Å². The van der Waals surface area contributed by atoms with Crippen molar-refractivity contribution < 1.29 is 19.4 Å². The van der Waals surface area contributed by atoms with E-state index in [0.717, 1.165) is 6.42 Å². The second kappa shape index (κ2) is 10.0. The molecule has 112 valence electrons. The lowest BCUT2D eigenvalue weighted by Gasteiger charge is -2.10. The second-order valence-corrected chi connectivity index (χ2v) is 4.73. The number of aliphatic carboxylic acids is 1. The molecule has 20 heavy (non-hydrogen) atoms. The predicted octanol–water partition coefficient (Wildman–Crippen LogP) is 3.50. The highest BCUT2D eigenvalue weighted by atomic mass is 16.5. The number of hydrogen-bond donors (Lipinski definition) is 1. The van der Waals surface area contributed by atoms with Crippen molar-refractivity contribution >= 4 is 11.9 Å². The maximum atomic E-state index is 12.0. The number of rotatable bonds is 8. The van der Waals surface area contributed by atoms with Crippen LogP contribution in [-0.4, -0.2) is 23.7 Å². The fourth-order valence-corrected chi connectivity index (χ4v) is 1.21. The van der Waals surface area contributed by atoms with Crippen LogP contribution in [0, 0.1) is 5.92 Å². The lowest BCUT2D eigenvalue weighted by molar-refractivity contribution is -0.140. The van der Waals surface area contributed by atoms with Gasteiger partial charge in [-0.25, -0.2) is 9.59 Å². The number of ether oxygens (including phenoxy) is 1. The monoisotopic (exact) mass is 280 g/mol. The smallest absolute Gasteiger partial charge is 0.334 e. The maximum Gasteiger partial charge on any atom is 0.334 e. The van der Waals surface area contributed by atoms with Crippen molar-refractivity contribution in [1.82, 2.24) is 0 Å². The zero-order chi connectivity index (χ0) is 15.5. The van der Waals surface area contributed by atoms with Gasteiger partial charge in [0.15, 0.2) is 0 Å². The minimum absolute atomic E-state index is 0.214. The quantitative estimate of drug-likeness (QED) is 0.420. The van der Waals surface area contributed by atoms with Gasteiger partial charge in [-0.3, -0.25) is 0 Å². The third kappa shape index (κ3) is 7.56. The van der Waals surface area contributed by atoms with Crippen molar-refractivity contribution in [1.29, 1.82) is 0 Å². The highest BCUT2D eigenvalue weighted by molar-refractivity contribution is 5.90. The number of carbonyl (C=O) groups excluding carboxylic acids is 1. The molecule has 0 aliphatic rings. The van der Waals surface area contributed by atoms with Crippen molar-refractivity contribution in [3.05, 3.63) is 35.5 Å². The lowest BCUT2D eigenvalue weighted by Crippen LogP contribution is -2.13. The van der Waals surface area contributed by atoms with E-state index in [9.17, 15) is 9.59 Å². The van der Waals surface area contributed by atoms with Gasteiger partial charge in [0.1, 0.15) is 0 Å². The van der Waals surface area contributed by atoms with Gasteiger partial charge in [-0.2, -0.15) is 0 Å². The maximum absolute atomic E-state index is 12.0. The molecule has 0 aromatic rings. The molecule has 0 heterocycles. The number of carboxylic acids is 1. The van der Waals surface area contributed by atoms with Gasteiger partial charge in [0, 0.05) is 11.1 Å². The molecular formula is C16H24O4. The van der Waals surface area contributed by atoms with E-state index >= 15 is 0 Å². The first-order valence-electron chi connectivity index (χ1n) is 6.81. The summed E-state index contributed by atoms with van der Waals surface area (Å²) in [6, 6.07) is 0. The molecule has 4 heteroatoms. The minimum Gasteiger partial charge on any atom is -0.478 e. The highest BCUT2D eigenvalue weighted by Crippen LogP contribution is 2.10. The summed E-state index contributed by atoms with van der Waals surface area (Å²) in [6.45, 7) is 7.77. The van der Waals surface area contributed by atoms with Crippen LogP contribution in [0.3, 0.4) is 0 Å². The zero-order valence-corrected chi connectivity index (χ0v) is 12.7. The molecule has 1 unspecified atom stereocenters. The Hall–Kier alpha value is -1.84. The summed E-state index contributed by atoms with van der Waals surface area (Å²) >= 11 is 0. The van der Waals surface area contributed by atoms with Gasteiger partial charge < -0.3 is 9.84 Å². The van der Waals surface area contributed by atoms with Gasteiger partial charge >= 0.3 is 11.9 Å². The molecule has 0 aromatic heterocycles. The van der Waals surface area contributed by atoms with Gasteiger partial charge in [0.05, 0.1) is 6.61 Å². The first-order chi connectivity index (χ1) is 9.42. The van der Waals surface area contributed by atoms with Gasteiger partial charge in [-0.05, 0) is 26.2 Å². The molecule has 0 rings (SSSR count). The molecule has 0 bridgehead atoms. The molecule has 0 fully saturated rings.